The number of esters is 2. The molecule has 5 rings (SSSR count). The Morgan fingerprint density at radius 1 is 0.529 bits per heavy atom. The van der Waals surface area contributed by atoms with Crippen LogP contribution in [-0.2, 0) is 42.9 Å². The summed E-state index contributed by atoms with van der Waals surface area (Å²) in [5.74, 6) is -1.61. The minimum atomic E-state index is -1.67. The van der Waals surface area contributed by atoms with Gasteiger partial charge in [-0.2, -0.15) is 0 Å². The van der Waals surface area contributed by atoms with Crippen molar-refractivity contribution in [1.82, 2.24) is 0 Å². The standard InChI is InChI=1S/C21H22O5.C12H16O3.C9H8O3.C8H8O3.C5H11Br.2CH2O3.CH4.Cl2OS.4K.2H/c1-2-3-4-15-25-18-12-8-17(9-13-18)21(24)26-19-10-5-16(6-11-19)7-14-20(22)23;1-2-3-4-9-15-11-7-5-10(6-8-11)12(13)14;10-8-4-1-7(2-5-8)3-6-9(11)12;1-11-8(10)6-2-4-7(9)5-3-6;1-2-3-4-5-6;2*2-1-4-3;;1-4(2)3;;;;;;/h5-14H,2-4,15H2,1H3,(H,22,23);5-8H,2-4,9H2,1H3,(H,13,14);1-6,10H,(H,11,12);2-5,9H,1H3;2-5H2,1H3;2*1,3H;1H4;;;;;;;/q;;;;;;;;;4*+1;2*-1/p-2. The Balaban J connectivity index is -0.000000108. The van der Waals surface area contributed by atoms with Crippen molar-refractivity contribution in [2.24, 2.45) is 0 Å². The Labute approximate surface area is 701 Å². The normalized spacial score (nSPS) is 8.99. The molecule has 0 saturated carbocycles. The van der Waals surface area contributed by atoms with Crippen LogP contribution in [0.5, 0.6) is 28.7 Å². The van der Waals surface area contributed by atoms with E-state index >= 15 is 0 Å². The molecule has 462 valence electrons. The van der Waals surface area contributed by atoms with Gasteiger partial charge in [0.25, 0.3) is 12.9 Å². The molecule has 0 fully saturated rings. The van der Waals surface area contributed by atoms with Gasteiger partial charge in [-0.1, -0.05) is 107 Å². The first-order valence-electron chi connectivity index (χ1n) is 24.5. The van der Waals surface area contributed by atoms with Crippen LogP contribution in [0.1, 0.15) is 131 Å². The van der Waals surface area contributed by atoms with Crippen LogP contribution in [0.15, 0.2) is 133 Å². The van der Waals surface area contributed by atoms with E-state index in [2.05, 4.69) is 72.6 Å². The number of carboxylic acids is 3. The number of carbonyl (C=O) groups excluding carboxylic acids is 4. The fourth-order valence-electron chi connectivity index (χ4n) is 5.26. The number of aliphatic carboxylic acids is 2. The average molecular weight is 1450 g/mol. The van der Waals surface area contributed by atoms with Gasteiger partial charge in [0.2, 0.25) is 9.23 Å². The van der Waals surface area contributed by atoms with E-state index in [4.69, 9.17) is 64.1 Å². The first kappa shape index (κ1) is 102. The number of unbranched alkanes of at least 4 members (excludes halogenated alkanes) is 6. The van der Waals surface area contributed by atoms with E-state index in [1.165, 1.54) is 86.7 Å². The van der Waals surface area contributed by atoms with Crippen molar-refractivity contribution in [3.05, 3.63) is 161 Å². The second kappa shape index (κ2) is 72.2. The molecule has 0 unspecified atom stereocenters. The third kappa shape index (κ3) is 66.0. The van der Waals surface area contributed by atoms with E-state index in [1.54, 1.807) is 84.9 Å². The summed E-state index contributed by atoms with van der Waals surface area (Å²) in [6.45, 7) is 7.49. The summed E-state index contributed by atoms with van der Waals surface area (Å²) in [7, 11) is 8.67. The molecule has 0 aliphatic carbocycles. The van der Waals surface area contributed by atoms with Crippen molar-refractivity contribution in [3.8, 4) is 28.7 Å². The van der Waals surface area contributed by atoms with E-state index in [0.717, 1.165) is 61.3 Å². The monoisotopic (exact) mass is 1440 g/mol. The van der Waals surface area contributed by atoms with Gasteiger partial charge in [-0.3, -0.25) is 9.59 Å². The molecule has 0 radical (unpaired) electrons. The maximum atomic E-state index is 12.2. The summed E-state index contributed by atoms with van der Waals surface area (Å²) in [4.78, 5) is 76.7. The topological polar surface area (TPSA) is 339 Å². The number of benzene rings is 5. The molecular weight excluding hydrogens is 1370 g/mol. The Bertz CT molecular complexity index is 2590. The second-order valence-electron chi connectivity index (χ2n) is 15.4. The second-order valence-corrected chi connectivity index (χ2v) is 18.7. The molecule has 0 aromatic heterocycles. The summed E-state index contributed by atoms with van der Waals surface area (Å²) >= 11 is 3.35. The molecule has 5 aromatic rings. The smallest absolute Gasteiger partial charge is 1.00 e. The summed E-state index contributed by atoms with van der Waals surface area (Å²) in [5, 5.41) is 61.4. The Morgan fingerprint density at radius 3 is 1.13 bits per heavy atom. The summed E-state index contributed by atoms with van der Waals surface area (Å²) in [6.07, 6.45) is 15.7. The zero-order valence-corrected chi connectivity index (χ0v) is 65.7. The van der Waals surface area contributed by atoms with Gasteiger partial charge in [-0.25, -0.2) is 28.2 Å². The molecule has 5 N–H and O–H groups in total. The van der Waals surface area contributed by atoms with Crippen molar-refractivity contribution in [2.75, 3.05) is 25.7 Å². The maximum Gasteiger partial charge on any atom is 1.00 e. The number of methoxy groups -OCH3 is 1. The van der Waals surface area contributed by atoms with Crippen LogP contribution in [0.2, 0.25) is 0 Å². The van der Waals surface area contributed by atoms with Crippen LogP contribution in [0.4, 0.5) is 0 Å². The largest absolute Gasteiger partial charge is 1.00 e. The minimum absolute atomic E-state index is 0. The van der Waals surface area contributed by atoms with E-state index in [0.29, 0.717) is 35.7 Å². The van der Waals surface area contributed by atoms with Crippen molar-refractivity contribution in [3.63, 3.8) is 0 Å². The molecule has 0 saturated heterocycles. The fourth-order valence-corrected chi connectivity index (χ4v) is 5.65. The summed E-state index contributed by atoms with van der Waals surface area (Å²) in [5.41, 5.74) is 2.61. The number of carboxylic acid groups (broad SMARTS) is 3. The fraction of sp³-hybridized carbons (Fsp3) is 0.293. The van der Waals surface area contributed by atoms with E-state index in [9.17, 15) is 24.0 Å². The third-order valence-corrected chi connectivity index (χ3v) is 9.71. The maximum absolute atomic E-state index is 12.2. The van der Waals surface area contributed by atoms with Crippen LogP contribution in [-0.4, -0.2) is 98.2 Å². The molecule has 87 heavy (non-hydrogen) atoms. The number of aromatic hydroxyl groups is 2. The average Bonchev–Trinajstić information content (AvgIpc) is 3.59. The van der Waals surface area contributed by atoms with Gasteiger partial charge in [0.05, 0.1) is 37.0 Å². The predicted molar refractivity (Wildman–Crippen MR) is 319 cm³/mol. The number of ether oxygens (including phenoxy) is 4. The van der Waals surface area contributed by atoms with Gasteiger partial charge in [-0.05, 0) is 140 Å². The van der Waals surface area contributed by atoms with Gasteiger partial charge >= 0.3 is 235 Å². The van der Waals surface area contributed by atoms with Gasteiger partial charge in [0.15, 0.2) is 0 Å². The summed E-state index contributed by atoms with van der Waals surface area (Å²) < 4.78 is 29.9. The SMILES string of the molecule is C.CCCCCBr.CCCCCOc1ccc(C(=O)O)cc1.CCCCCOc1ccc(C(=O)Oc2ccc(C=CC(=O)O)cc2)cc1.COC(=O)c1ccc(O)cc1.O=C(O)C=Cc1ccc(O)cc1.O=CO[O-].O=CO[O-].O=S(Cl)Cl.[H-].[H-].[K+].[K+].[K+].[K+]. The van der Waals surface area contributed by atoms with Crippen molar-refractivity contribution < 1.29 is 311 Å². The molecule has 0 spiro atoms. The quantitative estimate of drug-likeness (QED) is 0.00529. The number of alkyl halides is 1. The van der Waals surface area contributed by atoms with Crippen LogP contribution in [0, 0.1) is 0 Å². The van der Waals surface area contributed by atoms with Gasteiger partial charge in [0, 0.05) is 38.8 Å². The molecular formula is C58H73BrCl2K4O21S. The number of phenols is 2. The van der Waals surface area contributed by atoms with Crippen LogP contribution in [0.3, 0.4) is 0 Å². The zero-order valence-electron chi connectivity index (χ0n) is 51.3. The molecule has 29 heteroatoms. The van der Waals surface area contributed by atoms with E-state index in [1.807, 2.05) is 0 Å². The minimum Gasteiger partial charge on any atom is -1.00 e. The van der Waals surface area contributed by atoms with Crippen molar-refractivity contribution >= 4 is 101 Å². The zero-order chi connectivity index (χ0) is 62.4. The number of halogens is 3. The number of carbonyl (C=O) groups is 7. The number of phenolic OH excluding ortho intramolecular Hbond substituents is 2. The van der Waals surface area contributed by atoms with Gasteiger partial charge < -0.3 is 67.6 Å². The third-order valence-electron chi connectivity index (χ3n) is 9.15. The first-order chi connectivity index (χ1) is 39.2. The number of aromatic carboxylic acids is 1. The molecule has 0 heterocycles. The molecule has 5 aromatic carbocycles. The van der Waals surface area contributed by atoms with Crippen molar-refractivity contribution in [2.45, 2.75) is 86.0 Å². The Kier molecular flexibility index (Phi) is 84.5. The Morgan fingerprint density at radius 2 is 0.828 bits per heavy atom. The number of rotatable bonds is 23. The van der Waals surface area contributed by atoms with E-state index < -0.39 is 39.1 Å². The molecule has 0 amide bonds. The van der Waals surface area contributed by atoms with Gasteiger partial charge in [-0.15, -0.1) is 0 Å². The molecule has 0 bridgehead atoms. The number of hydrogen-bond donors (Lipinski definition) is 5. The molecule has 21 nitrogen and oxygen atoms in total. The van der Waals surface area contributed by atoms with Crippen molar-refractivity contribution in [1.29, 1.82) is 0 Å². The molecule has 0 aliphatic rings. The van der Waals surface area contributed by atoms with Gasteiger partial charge in [0.1, 0.15) is 28.7 Å². The number of hydrogen-bond acceptors (Lipinski definition) is 18. The van der Waals surface area contributed by atoms with Crippen LogP contribution in [0.25, 0.3) is 12.2 Å². The molecule has 0 atom stereocenters. The molecule has 0 aliphatic heterocycles. The predicted octanol–water partition coefficient (Wildman–Crippen LogP) is -0.444. The first-order valence-corrected chi connectivity index (χ1v) is 28.4. The Hall–Kier alpha value is -1.25. The summed E-state index contributed by atoms with van der Waals surface area (Å²) in [6, 6.07) is 32.1. The van der Waals surface area contributed by atoms with Crippen LogP contribution < -0.4 is 230 Å². The van der Waals surface area contributed by atoms with E-state index in [-0.39, 0.29) is 246 Å². The van der Waals surface area contributed by atoms with Crippen LogP contribution >= 0.6 is 37.3 Å².